The molecule has 3 aliphatic rings. The Bertz CT molecular complexity index is 836. The van der Waals surface area contributed by atoms with E-state index < -0.39 is 0 Å². The van der Waals surface area contributed by atoms with Crippen molar-refractivity contribution >= 4 is 11.6 Å². The summed E-state index contributed by atoms with van der Waals surface area (Å²) in [5.74, 6) is 0. The van der Waals surface area contributed by atoms with E-state index in [0.717, 1.165) is 36.5 Å². The molecule has 0 amide bonds. The molecule has 0 spiro atoms. The number of aromatic nitrogens is 1. The van der Waals surface area contributed by atoms with E-state index in [4.69, 9.17) is 11.6 Å². The minimum absolute atomic E-state index is 0.536. The van der Waals surface area contributed by atoms with Gasteiger partial charge in [0.1, 0.15) is 0 Å². The van der Waals surface area contributed by atoms with Crippen LogP contribution < -0.4 is 0 Å². The summed E-state index contributed by atoms with van der Waals surface area (Å²) < 4.78 is 0. The van der Waals surface area contributed by atoms with Crippen molar-refractivity contribution in [1.29, 1.82) is 0 Å². The lowest BCUT2D eigenvalue weighted by Crippen LogP contribution is -2.42. The fourth-order valence-electron chi connectivity index (χ4n) is 4.75. The van der Waals surface area contributed by atoms with Gasteiger partial charge in [0, 0.05) is 53.9 Å². The van der Waals surface area contributed by atoms with Gasteiger partial charge in [0.2, 0.25) is 0 Å². The predicted molar refractivity (Wildman–Crippen MR) is 112 cm³/mol. The number of fused-ring (bicyclic) bond motifs is 3. The van der Waals surface area contributed by atoms with Gasteiger partial charge in [-0.1, -0.05) is 30.3 Å². The molecule has 3 aliphatic heterocycles. The minimum Gasteiger partial charge on any atom is -0.345 e. The number of nitrogens with zero attached hydrogens (tertiary/aromatic N) is 3. The van der Waals surface area contributed by atoms with E-state index in [0.29, 0.717) is 12.1 Å². The molecule has 27 heavy (non-hydrogen) atoms. The maximum atomic E-state index is 6.41. The summed E-state index contributed by atoms with van der Waals surface area (Å²) in [6.45, 7) is 7.40. The summed E-state index contributed by atoms with van der Waals surface area (Å²) in [5, 5.41) is 0.801. The molecule has 142 valence electrons. The van der Waals surface area contributed by atoms with Crippen LogP contribution in [0.25, 0.3) is 0 Å². The van der Waals surface area contributed by atoms with Crippen molar-refractivity contribution in [3.63, 3.8) is 0 Å². The quantitative estimate of drug-likeness (QED) is 0.738. The summed E-state index contributed by atoms with van der Waals surface area (Å²) in [4.78, 5) is 9.36. The van der Waals surface area contributed by atoms with E-state index in [-0.39, 0.29) is 0 Å². The lowest BCUT2D eigenvalue weighted by Gasteiger charge is -2.40. The van der Waals surface area contributed by atoms with Crippen LogP contribution in [0, 0.1) is 6.92 Å². The predicted octanol–water partition coefficient (Wildman–Crippen LogP) is 4.95. The summed E-state index contributed by atoms with van der Waals surface area (Å²) in [6, 6.07) is 3.41. The highest BCUT2D eigenvalue weighted by Crippen LogP contribution is 2.42. The van der Waals surface area contributed by atoms with Crippen LogP contribution in [-0.4, -0.2) is 40.5 Å². The standard InChI is InChI=1S/C23H28ClN3/c1-16-12-18(15-25-14-16)10-11-27-17(2)4-5-19(24)6-8-21-22-9-7-20(26(22)3)13-23(21)27/h4-6,12,14-15,20,22H,2,7-11,13H2,1,3H3/b5-4-,19-6+. The molecule has 0 N–H and O–H groups in total. The molecule has 4 heteroatoms. The van der Waals surface area contributed by atoms with Crippen LogP contribution in [0.4, 0.5) is 0 Å². The van der Waals surface area contributed by atoms with E-state index in [2.05, 4.69) is 53.6 Å². The van der Waals surface area contributed by atoms with Crippen LogP contribution in [0.15, 0.2) is 65.3 Å². The number of allylic oxidation sites excluding steroid dienone is 4. The van der Waals surface area contributed by atoms with Crippen LogP contribution in [0.1, 0.15) is 36.8 Å². The molecular formula is C23H28ClN3. The molecule has 2 bridgehead atoms. The Morgan fingerprint density at radius 3 is 2.93 bits per heavy atom. The van der Waals surface area contributed by atoms with E-state index in [1.807, 2.05) is 18.5 Å². The van der Waals surface area contributed by atoms with Crippen molar-refractivity contribution in [2.24, 2.45) is 0 Å². The molecule has 2 atom stereocenters. The summed E-state index contributed by atoms with van der Waals surface area (Å²) in [7, 11) is 2.28. The Morgan fingerprint density at radius 1 is 1.26 bits per heavy atom. The number of rotatable bonds is 3. The fraction of sp³-hybridized carbons (Fsp3) is 0.435. The largest absolute Gasteiger partial charge is 0.345 e. The third-order valence-corrected chi connectivity index (χ3v) is 6.50. The van der Waals surface area contributed by atoms with Crippen LogP contribution >= 0.6 is 11.6 Å². The fourth-order valence-corrected chi connectivity index (χ4v) is 4.89. The van der Waals surface area contributed by atoms with Crippen molar-refractivity contribution in [2.45, 2.75) is 51.1 Å². The second-order valence-electron chi connectivity index (χ2n) is 7.98. The van der Waals surface area contributed by atoms with E-state index in [1.54, 1.807) is 0 Å². The Kier molecular flexibility index (Phi) is 5.25. The van der Waals surface area contributed by atoms with Gasteiger partial charge >= 0.3 is 0 Å². The third-order valence-electron chi connectivity index (χ3n) is 6.22. The Hall–Kier alpha value is -1.84. The molecule has 1 aromatic rings. The van der Waals surface area contributed by atoms with Crippen LogP contribution in [0.5, 0.6) is 0 Å². The molecule has 0 aromatic carbocycles. The van der Waals surface area contributed by atoms with Gasteiger partial charge in [-0.25, -0.2) is 0 Å². The van der Waals surface area contributed by atoms with Gasteiger partial charge in [-0.3, -0.25) is 9.88 Å². The molecule has 1 aromatic heterocycles. The Morgan fingerprint density at radius 2 is 2.11 bits per heavy atom. The van der Waals surface area contributed by atoms with Crippen LogP contribution in [-0.2, 0) is 6.42 Å². The first-order valence-electron chi connectivity index (χ1n) is 9.87. The first kappa shape index (κ1) is 18.5. The highest BCUT2D eigenvalue weighted by molar-refractivity contribution is 6.31. The number of hydrogen-bond donors (Lipinski definition) is 0. The van der Waals surface area contributed by atoms with E-state index in [9.17, 15) is 0 Å². The molecule has 2 unspecified atom stereocenters. The highest BCUT2D eigenvalue weighted by atomic mass is 35.5. The molecule has 1 saturated heterocycles. The third kappa shape index (κ3) is 3.76. The number of hydrogen-bond acceptors (Lipinski definition) is 3. The van der Waals surface area contributed by atoms with Crippen molar-refractivity contribution in [2.75, 3.05) is 13.6 Å². The smallest absolute Gasteiger partial charge is 0.0370 e. The first-order chi connectivity index (χ1) is 13.0. The van der Waals surface area contributed by atoms with Crippen molar-refractivity contribution < 1.29 is 0 Å². The first-order valence-corrected chi connectivity index (χ1v) is 10.3. The van der Waals surface area contributed by atoms with Crippen molar-refractivity contribution in [3.8, 4) is 0 Å². The van der Waals surface area contributed by atoms with E-state index in [1.165, 1.54) is 35.2 Å². The molecule has 0 saturated carbocycles. The van der Waals surface area contributed by atoms with Gasteiger partial charge in [-0.2, -0.15) is 0 Å². The number of likely N-dealkylation sites (N-methyl/N-ethyl adjacent to an activating group) is 1. The zero-order valence-corrected chi connectivity index (χ0v) is 17.0. The maximum Gasteiger partial charge on any atom is 0.0370 e. The molecule has 4 rings (SSSR count). The van der Waals surface area contributed by atoms with Gasteiger partial charge < -0.3 is 4.90 Å². The highest BCUT2D eigenvalue weighted by Gasteiger charge is 2.40. The number of pyridine rings is 1. The van der Waals surface area contributed by atoms with Gasteiger partial charge in [-0.05, 0) is 68.5 Å². The van der Waals surface area contributed by atoms with Gasteiger partial charge in [-0.15, -0.1) is 0 Å². The second kappa shape index (κ2) is 7.65. The SMILES string of the molecule is C=C1/C=C\C(Cl)=C/CC2=C(CC3CCC2N3C)N1CCc1cncc(C)c1. The van der Waals surface area contributed by atoms with Gasteiger partial charge in [0.05, 0.1) is 0 Å². The molecule has 0 radical (unpaired) electrons. The normalized spacial score (nSPS) is 28.9. The van der Waals surface area contributed by atoms with Crippen molar-refractivity contribution in [3.05, 3.63) is 76.4 Å². The second-order valence-corrected chi connectivity index (χ2v) is 8.41. The molecule has 3 nitrogen and oxygen atoms in total. The lowest BCUT2D eigenvalue weighted by molar-refractivity contribution is 0.220. The topological polar surface area (TPSA) is 19.4 Å². The molecule has 0 aliphatic carbocycles. The molecule has 1 fully saturated rings. The van der Waals surface area contributed by atoms with Crippen molar-refractivity contribution in [1.82, 2.24) is 14.8 Å². The zero-order chi connectivity index (χ0) is 19.0. The monoisotopic (exact) mass is 381 g/mol. The Balaban J connectivity index is 1.67. The summed E-state index contributed by atoms with van der Waals surface area (Å²) in [5.41, 5.74) is 6.51. The Labute approximate surface area is 167 Å². The van der Waals surface area contributed by atoms with Crippen LogP contribution in [0.3, 0.4) is 0 Å². The van der Waals surface area contributed by atoms with Crippen LogP contribution in [0.2, 0.25) is 0 Å². The zero-order valence-electron chi connectivity index (χ0n) is 16.3. The average molecular weight is 382 g/mol. The molecule has 4 heterocycles. The summed E-state index contributed by atoms with van der Waals surface area (Å²) >= 11 is 6.41. The summed E-state index contributed by atoms with van der Waals surface area (Å²) in [6.07, 6.45) is 15.6. The number of halogens is 1. The van der Waals surface area contributed by atoms with Gasteiger partial charge in [0.25, 0.3) is 0 Å². The maximum absolute atomic E-state index is 6.41. The average Bonchev–Trinajstić information content (AvgIpc) is 2.91. The molecular weight excluding hydrogens is 354 g/mol. The number of aryl methyl sites for hydroxylation is 1. The van der Waals surface area contributed by atoms with Gasteiger partial charge in [0.15, 0.2) is 0 Å². The van der Waals surface area contributed by atoms with E-state index >= 15 is 0 Å². The minimum atomic E-state index is 0.536. The lowest BCUT2D eigenvalue weighted by atomic mass is 9.94.